The highest BCUT2D eigenvalue weighted by atomic mass is 16.2. The Morgan fingerprint density at radius 2 is 1.88 bits per heavy atom. The van der Waals surface area contributed by atoms with Crippen LogP contribution in [0.3, 0.4) is 0 Å². The second-order valence-corrected chi connectivity index (χ2v) is 7.04. The SMILES string of the molecule is CC(=O)CNC(=O)[C@@H]1CCCC[C@@H]1NC(=O)c1cc2ccccc2n1C. The molecular formula is C20H25N3O3. The van der Waals surface area contributed by atoms with Crippen molar-refractivity contribution in [3.63, 3.8) is 0 Å². The topological polar surface area (TPSA) is 80.2 Å². The van der Waals surface area contributed by atoms with Crippen molar-refractivity contribution in [1.29, 1.82) is 0 Å². The number of amides is 2. The maximum absolute atomic E-state index is 12.8. The molecule has 6 nitrogen and oxygen atoms in total. The van der Waals surface area contributed by atoms with Gasteiger partial charge in [-0.1, -0.05) is 31.0 Å². The number of nitrogens with zero attached hydrogens (tertiary/aromatic N) is 1. The number of carbonyl (C=O) groups excluding carboxylic acids is 3. The number of carbonyl (C=O) groups is 3. The van der Waals surface area contributed by atoms with Crippen LogP contribution in [0, 0.1) is 5.92 Å². The Morgan fingerprint density at radius 1 is 1.15 bits per heavy atom. The Bertz CT molecular complexity index is 840. The number of aryl methyl sites for hydroxylation is 1. The first-order chi connectivity index (χ1) is 12.5. The molecule has 0 bridgehead atoms. The van der Waals surface area contributed by atoms with E-state index in [4.69, 9.17) is 0 Å². The molecule has 2 aromatic rings. The number of para-hydroxylation sites is 1. The average molecular weight is 355 g/mol. The molecule has 1 aliphatic rings. The van der Waals surface area contributed by atoms with Gasteiger partial charge in [-0.15, -0.1) is 0 Å². The van der Waals surface area contributed by atoms with Gasteiger partial charge in [-0.25, -0.2) is 0 Å². The van der Waals surface area contributed by atoms with Crippen molar-refractivity contribution in [3.05, 3.63) is 36.0 Å². The molecule has 0 saturated heterocycles. The summed E-state index contributed by atoms with van der Waals surface area (Å²) in [6, 6.07) is 9.51. The van der Waals surface area contributed by atoms with E-state index in [9.17, 15) is 14.4 Å². The first-order valence-electron chi connectivity index (χ1n) is 9.10. The molecular weight excluding hydrogens is 330 g/mol. The van der Waals surface area contributed by atoms with Crippen LogP contribution in [0.2, 0.25) is 0 Å². The van der Waals surface area contributed by atoms with E-state index in [1.54, 1.807) is 0 Å². The third-order valence-electron chi connectivity index (χ3n) is 5.12. The van der Waals surface area contributed by atoms with Gasteiger partial charge in [-0.05, 0) is 31.9 Å². The van der Waals surface area contributed by atoms with Crippen LogP contribution in [0.15, 0.2) is 30.3 Å². The number of benzene rings is 1. The van der Waals surface area contributed by atoms with E-state index in [1.165, 1.54) is 6.92 Å². The summed E-state index contributed by atoms with van der Waals surface area (Å²) in [7, 11) is 1.87. The van der Waals surface area contributed by atoms with Gasteiger partial charge in [-0.3, -0.25) is 14.4 Å². The van der Waals surface area contributed by atoms with E-state index in [0.29, 0.717) is 5.69 Å². The van der Waals surface area contributed by atoms with Gasteiger partial charge in [0.05, 0.1) is 12.5 Å². The number of hydrogen-bond acceptors (Lipinski definition) is 3. The number of Topliss-reactive ketones (excluding diaryl/α,β-unsaturated/α-hetero) is 1. The molecule has 6 heteroatoms. The van der Waals surface area contributed by atoms with E-state index < -0.39 is 0 Å². The highest BCUT2D eigenvalue weighted by molar-refractivity contribution is 5.99. The highest BCUT2D eigenvalue weighted by Crippen LogP contribution is 2.26. The molecule has 2 atom stereocenters. The number of ketones is 1. The molecule has 0 unspecified atom stereocenters. The summed E-state index contributed by atoms with van der Waals surface area (Å²) >= 11 is 0. The summed E-state index contributed by atoms with van der Waals surface area (Å²) in [6.45, 7) is 1.49. The van der Waals surface area contributed by atoms with Crippen LogP contribution in [0.1, 0.15) is 43.1 Å². The molecule has 0 spiro atoms. The lowest BCUT2D eigenvalue weighted by molar-refractivity contribution is -0.128. The van der Waals surface area contributed by atoms with Crippen molar-refractivity contribution in [2.75, 3.05) is 6.54 Å². The Kier molecular flexibility index (Phi) is 5.40. The fraction of sp³-hybridized carbons (Fsp3) is 0.450. The summed E-state index contributed by atoms with van der Waals surface area (Å²) in [5, 5.41) is 6.75. The maximum Gasteiger partial charge on any atom is 0.268 e. The second-order valence-electron chi connectivity index (χ2n) is 7.04. The van der Waals surface area contributed by atoms with Gasteiger partial charge in [0, 0.05) is 24.0 Å². The summed E-state index contributed by atoms with van der Waals surface area (Å²) in [5.74, 6) is -0.686. The monoisotopic (exact) mass is 355 g/mol. The molecule has 2 amide bonds. The fourth-order valence-corrected chi connectivity index (χ4v) is 3.71. The molecule has 1 aromatic heterocycles. The van der Waals surface area contributed by atoms with Crippen LogP contribution in [0.4, 0.5) is 0 Å². The molecule has 0 radical (unpaired) electrons. The minimum Gasteiger partial charge on any atom is -0.349 e. The van der Waals surface area contributed by atoms with Crippen LogP contribution < -0.4 is 10.6 Å². The van der Waals surface area contributed by atoms with Crippen molar-refractivity contribution in [2.45, 2.75) is 38.6 Å². The standard InChI is InChI=1S/C20H25N3O3/c1-13(24)12-21-19(25)15-8-4-5-9-16(15)22-20(26)18-11-14-7-3-6-10-17(14)23(18)2/h3,6-7,10-11,15-16H,4-5,8-9,12H2,1-2H3,(H,21,25)(H,22,26)/t15-,16+/m1/s1. The fourth-order valence-electron chi connectivity index (χ4n) is 3.71. The molecule has 1 heterocycles. The minimum absolute atomic E-state index is 0.0409. The molecule has 0 aliphatic heterocycles. The van der Waals surface area contributed by atoms with Gasteiger partial charge in [0.2, 0.25) is 5.91 Å². The largest absolute Gasteiger partial charge is 0.349 e. The molecule has 1 saturated carbocycles. The van der Waals surface area contributed by atoms with Crippen LogP contribution >= 0.6 is 0 Å². The summed E-state index contributed by atoms with van der Waals surface area (Å²) in [4.78, 5) is 36.3. The Hall–Kier alpha value is -2.63. The number of aromatic nitrogens is 1. The van der Waals surface area contributed by atoms with Crippen LogP contribution in [-0.4, -0.2) is 34.8 Å². The van der Waals surface area contributed by atoms with Crippen molar-refractivity contribution < 1.29 is 14.4 Å². The highest BCUT2D eigenvalue weighted by Gasteiger charge is 2.32. The summed E-state index contributed by atoms with van der Waals surface area (Å²) in [6.07, 6.45) is 3.44. The van der Waals surface area contributed by atoms with E-state index in [0.717, 1.165) is 36.6 Å². The number of nitrogens with one attached hydrogen (secondary N) is 2. The zero-order valence-electron chi connectivity index (χ0n) is 15.2. The Balaban J connectivity index is 1.74. The minimum atomic E-state index is -0.290. The van der Waals surface area contributed by atoms with Gasteiger partial charge < -0.3 is 15.2 Å². The van der Waals surface area contributed by atoms with E-state index in [1.807, 2.05) is 41.9 Å². The Morgan fingerprint density at radius 3 is 2.62 bits per heavy atom. The van der Waals surface area contributed by atoms with Gasteiger partial charge in [0.15, 0.2) is 0 Å². The van der Waals surface area contributed by atoms with Gasteiger partial charge >= 0.3 is 0 Å². The van der Waals surface area contributed by atoms with Gasteiger partial charge in [0.25, 0.3) is 5.91 Å². The molecule has 26 heavy (non-hydrogen) atoms. The number of fused-ring (bicyclic) bond motifs is 1. The van der Waals surface area contributed by atoms with E-state index in [-0.39, 0.29) is 36.1 Å². The molecule has 2 N–H and O–H groups in total. The lowest BCUT2D eigenvalue weighted by Crippen LogP contribution is -2.49. The van der Waals surface area contributed by atoms with Gasteiger partial charge in [0.1, 0.15) is 11.5 Å². The second kappa shape index (κ2) is 7.72. The first-order valence-corrected chi connectivity index (χ1v) is 9.10. The van der Waals surface area contributed by atoms with Crippen LogP contribution in [-0.2, 0) is 16.6 Å². The van der Waals surface area contributed by atoms with Crippen molar-refractivity contribution in [3.8, 4) is 0 Å². The third kappa shape index (κ3) is 3.79. The van der Waals surface area contributed by atoms with Gasteiger partial charge in [-0.2, -0.15) is 0 Å². The average Bonchev–Trinajstić information content (AvgIpc) is 2.97. The van der Waals surface area contributed by atoms with Crippen molar-refractivity contribution >= 4 is 28.5 Å². The molecule has 1 fully saturated rings. The predicted octanol–water partition coefficient (Wildman–Crippen LogP) is 2.17. The zero-order chi connectivity index (χ0) is 18.7. The normalized spacial score (nSPS) is 19.9. The molecule has 1 aliphatic carbocycles. The summed E-state index contributed by atoms with van der Waals surface area (Å²) < 4.78 is 1.87. The lowest BCUT2D eigenvalue weighted by atomic mass is 9.83. The quantitative estimate of drug-likeness (QED) is 0.863. The zero-order valence-corrected chi connectivity index (χ0v) is 15.2. The molecule has 3 rings (SSSR count). The van der Waals surface area contributed by atoms with Crippen LogP contribution in [0.25, 0.3) is 10.9 Å². The van der Waals surface area contributed by atoms with Crippen molar-refractivity contribution in [2.24, 2.45) is 13.0 Å². The maximum atomic E-state index is 12.8. The molecule has 1 aromatic carbocycles. The first kappa shape index (κ1) is 18.2. The van der Waals surface area contributed by atoms with Crippen LogP contribution in [0.5, 0.6) is 0 Å². The summed E-state index contributed by atoms with van der Waals surface area (Å²) in [5.41, 5.74) is 1.58. The van der Waals surface area contributed by atoms with E-state index in [2.05, 4.69) is 10.6 Å². The van der Waals surface area contributed by atoms with Crippen molar-refractivity contribution in [1.82, 2.24) is 15.2 Å². The number of rotatable bonds is 5. The lowest BCUT2D eigenvalue weighted by Gasteiger charge is -2.31. The predicted molar refractivity (Wildman–Crippen MR) is 99.8 cm³/mol. The molecule has 138 valence electrons. The Labute approximate surface area is 152 Å². The number of hydrogen-bond donors (Lipinski definition) is 2. The smallest absolute Gasteiger partial charge is 0.268 e. The van der Waals surface area contributed by atoms with E-state index >= 15 is 0 Å². The third-order valence-corrected chi connectivity index (χ3v) is 5.12.